The number of hydrogen-bond donors (Lipinski definition) is 2. The molecular formula is C19H14ClF3N4O3. The van der Waals surface area contributed by atoms with Crippen LogP contribution in [0.25, 0.3) is 0 Å². The van der Waals surface area contributed by atoms with E-state index < -0.39 is 22.8 Å². The van der Waals surface area contributed by atoms with E-state index in [4.69, 9.17) is 21.1 Å². The lowest BCUT2D eigenvalue weighted by molar-refractivity contribution is -0.137. The van der Waals surface area contributed by atoms with Crippen LogP contribution in [0.5, 0.6) is 17.4 Å². The Labute approximate surface area is 173 Å². The lowest BCUT2D eigenvalue weighted by Crippen LogP contribution is -2.19. The summed E-state index contributed by atoms with van der Waals surface area (Å²) in [5.74, 6) is 0.996. The van der Waals surface area contributed by atoms with Gasteiger partial charge < -0.3 is 20.1 Å². The van der Waals surface area contributed by atoms with Gasteiger partial charge in [0.15, 0.2) is 0 Å². The van der Waals surface area contributed by atoms with E-state index in [1.165, 1.54) is 25.7 Å². The van der Waals surface area contributed by atoms with E-state index in [9.17, 15) is 18.0 Å². The molecule has 30 heavy (non-hydrogen) atoms. The fraction of sp³-hybridized carbons (Fsp3) is 0.105. The molecule has 7 nitrogen and oxygen atoms in total. The van der Waals surface area contributed by atoms with Gasteiger partial charge in [-0.1, -0.05) is 11.6 Å². The second-order valence-electron chi connectivity index (χ2n) is 5.79. The van der Waals surface area contributed by atoms with E-state index >= 15 is 0 Å². The highest BCUT2D eigenvalue weighted by atomic mass is 35.5. The zero-order valence-corrected chi connectivity index (χ0v) is 16.1. The van der Waals surface area contributed by atoms with Gasteiger partial charge in [-0.3, -0.25) is 0 Å². The van der Waals surface area contributed by atoms with E-state index in [-0.39, 0.29) is 11.6 Å². The number of ether oxygens (including phenoxy) is 2. The number of rotatable bonds is 5. The number of halogens is 4. The number of alkyl halides is 3. The van der Waals surface area contributed by atoms with E-state index in [1.54, 1.807) is 24.3 Å². The van der Waals surface area contributed by atoms with Crippen LogP contribution in [0, 0.1) is 0 Å². The Morgan fingerprint density at radius 3 is 2.40 bits per heavy atom. The maximum atomic E-state index is 12.9. The van der Waals surface area contributed by atoms with Crippen molar-refractivity contribution in [2.45, 2.75) is 6.18 Å². The van der Waals surface area contributed by atoms with Crippen LogP contribution in [0.4, 0.5) is 29.3 Å². The van der Waals surface area contributed by atoms with Gasteiger partial charge in [0, 0.05) is 11.4 Å². The molecule has 2 amide bonds. The lowest BCUT2D eigenvalue weighted by Gasteiger charge is -2.13. The molecular weight excluding hydrogens is 425 g/mol. The summed E-state index contributed by atoms with van der Waals surface area (Å²) in [5.41, 5.74) is -0.703. The zero-order chi connectivity index (χ0) is 21.7. The average molecular weight is 439 g/mol. The van der Waals surface area contributed by atoms with Gasteiger partial charge in [0.05, 0.1) is 23.9 Å². The largest absolute Gasteiger partial charge is 0.478 e. The Kier molecular flexibility index (Phi) is 6.26. The summed E-state index contributed by atoms with van der Waals surface area (Å²) >= 11 is 5.56. The molecule has 2 aromatic carbocycles. The molecule has 0 saturated heterocycles. The molecule has 0 fully saturated rings. The third-order valence-corrected chi connectivity index (χ3v) is 4.04. The molecule has 11 heteroatoms. The van der Waals surface area contributed by atoms with Crippen molar-refractivity contribution in [3.8, 4) is 17.4 Å². The minimum Gasteiger partial charge on any atom is -0.478 e. The molecule has 0 aliphatic rings. The van der Waals surface area contributed by atoms with Crippen molar-refractivity contribution in [3.63, 3.8) is 0 Å². The Balaban J connectivity index is 1.64. The number of nitrogens with one attached hydrogen (secondary N) is 2. The topological polar surface area (TPSA) is 85.4 Å². The SMILES string of the molecule is COc1ncncc1Oc1ccc(NC(=O)Nc2ccc(Cl)c(C(F)(F)F)c2)cc1. The number of nitrogens with zero attached hydrogens (tertiary/aromatic N) is 2. The molecule has 0 saturated carbocycles. The Hall–Kier alpha value is -3.53. The molecule has 3 aromatic rings. The molecule has 0 bridgehead atoms. The van der Waals surface area contributed by atoms with Crippen molar-refractivity contribution in [2.75, 3.05) is 17.7 Å². The van der Waals surface area contributed by atoms with Crippen molar-refractivity contribution >= 4 is 29.0 Å². The van der Waals surface area contributed by atoms with Crippen LogP contribution in [-0.2, 0) is 6.18 Å². The first-order valence-electron chi connectivity index (χ1n) is 8.33. The van der Waals surface area contributed by atoms with Crippen LogP contribution in [0.3, 0.4) is 0 Å². The van der Waals surface area contributed by atoms with Crippen LogP contribution in [-0.4, -0.2) is 23.1 Å². The molecule has 2 N–H and O–H groups in total. The summed E-state index contributed by atoms with van der Waals surface area (Å²) in [6.07, 6.45) is -1.88. The summed E-state index contributed by atoms with van der Waals surface area (Å²) in [4.78, 5) is 19.9. The zero-order valence-electron chi connectivity index (χ0n) is 15.3. The van der Waals surface area contributed by atoms with E-state index in [0.29, 0.717) is 17.2 Å². The number of amides is 2. The fourth-order valence-electron chi connectivity index (χ4n) is 2.38. The first-order valence-corrected chi connectivity index (χ1v) is 8.70. The summed E-state index contributed by atoms with van der Waals surface area (Å²) in [6.45, 7) is 0. The number of carbonyl (C=O) groups is 1. The van der Waals surface area contributed by atoms with E-state index in [1.807, 2.05) is 0 Å². The van der Waals surface area contributed by atoms with Gasteiger partial charge in [-0.25, -0.2) is 9.78 Å². The number of urea groups is 1. The molecule has 0 aliphatic carbocycles. The highest BCUT2D eigenvalue weighted by Gasteiger charge is 2.33. The lowest BCUT2D eigenvalue weighted by atomic mass is 10.2. The molecule has 156 valence electrons. The Morgan fingerprint density at radius 1 is 1.07 bits per heavy atom. The molecule has 0 radical (unpaired) electrons. The van der Waals surface area contributed by atoms with Crippen LogP contribution in [0.15, 0.2) is 55.0 Å². The molecule has 0 spiro atoms. The van der Waals surface area contributed by atoms with Gasteiger partial charge in [0.2, 0.25) is 5.75 Å². The number of methoxy groups -OCH3 is 1. The maximum absolute atomic E-state index is 12.9. The first-order chi connectivity index (χ1) is 14.3. The van der Waals surface area contributed by atoms with Crippen molar-refractivity contribution in [1.82, 2.24) is 9.97 Å². The Bertz CT molecular complexity index is 1050. The minimum atomic E-state index is -4.63. The van der Waals surface area contributed by atoms with Gasteiger partial charge in [-0.05, 0) is 42.5 Å². The quantitative estimate of drug-likeness (QED) is 0.542. The normalized spacial score (nSPS) is 11.0. The summed E-state index contributed by atoms with van der Waals surface area (Å²) in [6, 6.07) is 8.61. The van der Waals surface area contributed by atoms with Gasteiger partial charge >= 0.3 is 12.2 Å². The average Bonchev–Trinajstić information content (AvgIpc) is 2.70. The third kappa shape index (κ3) is 5.29. The molecule has 1 aromatic heterocycles. The summed E-state index contributed by atoms with van der Waals surface area (Å²) < 4.78 is 49.4. The van der Waals surface area contributed by atoms with Crippen molar-refractivity contribution < 1.29 is 27.4 Å². The molecule has 1 heterocycles. The predicted molar refractivity (Wildman–Crippen MR) is 104 cm³/mol. The third-order valence-electron chi connectivity index (χ3n) is 3.71. The highest BCUT2D eigenvalue weighted by molar-refractivity contribution is 6.31. The number of anilines is 2. The minimum absolute atomic E-state index is 0.0552. The predicted octanol–water partition coefficient (Wildman–Crippen LogP) is 5.59. The molecule has 3 rings (SSSR count). The maximum Gasteiger partial charge on any atom is 0.417 e. The summed E-state index contributed by atoms with van der Waals surface area (Å²) in [7, 11) is 1.44. The van der Waals surface area contributed by atoms with Crippen LogP contribution in [0.2, 0.25) is 5.02 Å². The second-order valence-corrected chi connectivity index (χ2v) is 6.20. The fourth-order valence-corrected chi connectivity index (χ4v) is 2.60. The van der Waals surface area contributed by atoms with E-state index in [2.05, 4.69) is 20.6 Å². The molecule has 0 unspecified atom stereocenters. The summed E-state index contributed by atoms with van der Waals surface area (Å²) in [5, 5.41) is 4.38. The first kappa shape index (κ1) is 21.2. The monoisotopic (exact) mass is 438 g/mol. The number of carbonyl (C=O) groups excluding carboxylic acids is 1. The molecule has 0 aliphatic heterocycles. The number of aromatic nitrogens is 2. The van der Waals surface area contributed by atoms with Crippen LogP contribution < -0.4 is 20.1 Å². The highest BCUT2D eigenvalue weighted by Crippen LogP contribution is 2.36. The Morgan fingerprint density at radius 2 is 1.73 bits per heavy atom. The van der Waals surface area contributed by atoms with Crippen molar-refractivity contribution in [3.05, 3.63) is 65.6 Å². The number of benzene rings is 2. The number of hydrogen-bond acceptors (Lipinski definition) is 5. The second kappa shape index (κ2) is 8.87. The van der Waals surface area contributed by atoms with Gasteiger partial charge in [0.25, 0.3) is 5.88 Å². The van der Waals surface area contributed by atoms with Crippen molar-refractivity contribution in [2.24, 2.45) is 0 Å². The molecule has 0 atom stereocenters. The van der Waals surface area contributed by atoms with Gasteiger partial charge in [-0.15, -0.1) is 0 Å². The van der Waals surface area contributed by atoms with Crippen molar-refractivity contribution in [1.29, 1.82) is 0 Å². The van der Waals surface area contributed by atoms with Crippen LogP contribution >= 0.6 is 11.6 Å². The van der Waals surface area contributed by atoms with E-state index in [0.717, 1.165) is 12.1 Å². The smallest absolute Gasteiger partial charge is 0.417 e. The standard InChI is InChI=1S/C19H14ClF3N4O3/c1-29-17-16(9-24-10-25-17)30-13-5-2-11(3-6-13)26-18(28)27-12-4-7-15(20)14(8-12)19(21,22)23/h2-10H,1H3,(H2,26,27,28). The van der Waals surface area contributed by atoms with Gasteiger partial charge in [-0.2, -0.15) is 18.2 Å². The van der Waals surface area contributed by atoms with Crippen LogP contribution in [0.1, 0.15) is 5.56 Å². The van der Waals surface area contributed by atoms with Gasteiger partial charge in [0.1, 0.15) is 12.1 Å².